The molecule has 96 valence electrons. The molecule has 1 unspecified atom stereocenters. The average Bonchev–Trinajstić information content (AvgIpc) is 2.64. The van der Waals surface area contributed by atoms with Crippen LogP contribution in [-0.2, 0) is 13.5 Å². The van der Waals surface area contributed by atoms with Crippen LogP contribution in [-0.4, -0.2) is 9.78 Å². The molecule has 2 N–H and O–H groups in total. The number of benzene rings is 1. The molecule has 0 aliphatic rings. The van der Waals surface area contributed by atoms with Crippen LogP contribution in [0.25, 0.3) is 0 Å². The van der Waals surface area contributed by atoms with Gasteiger partial charge in [-0.15, -0.1) is 0 Å². The van der Waals surface area contributed by atoms with Gasteiger partial charge in [0.05, 0.1) is 6.20 Å². The van der Waals surface area contributed by atoms with Crippen molar-refractivity contribution < 1.29 is 8.78 Å². The Kier molecular flexibility index (Phi) is 3.43. The number of hydrogen-bond donors (Lipinski definition) is 1. The van der Waals surface area contributed by atoms with Crippen molar-refractivity contribution in [1.82, 2.24) is 9.78 Å². The van der Waals surface area contributed by atoms with Crippen molar-refractivity contribution >= 4 is 0 Å². The van der Waals surface area contributed by atoms with Gasteiger partial charge in [-0.25, -0.2) is 8.78 Å². The lowest BCUT2D eigenvalue weighted by atomic mass is 10.00. The van der Waals surface area contributed by atoms with Gasteiger partial charge in [-0.1, -0.05) is 6.07 Å². The highest BCUT2D eigenvalue weighted by molar-refractivity contribution is 5.25. The quantitative estimate of drug-likeness (QED) is 0.909. The van der Waals surface area contributed by atoms with E-state index in [1.807, 2.05) is 14.0 Å². The van der Waals surface area contributed by atoms with E-state index in [4.69, 9.17) is 5.73 Å². The van der Waals surface area contributed by atoms with Gasteiger partial charge in [-0.3, -0.25) is 4.68 Å². The lowest BCUT2D eigenvalue weighted by Gasteiger charge is -2.12. The van der Waals surface area contributed by atoms with E-state index in [-0.39, 0.29) is 6.04 Å². The second-order valence-electron chi connectivity index (χ2n) is 4.36. The summed E-state index contributed by atoms with van der Waals surface area (Å²) in [6.07, 6.45) is 2.00. The van der Waals surface area contributed by atoms with Crippen molar-refractivity contribution in [1.29, 1.82) is 0 Å². The molecule has 0 saturated heterocycles. The van der Waals surface area contributed by atoms with E-state index in [9.17, 15) is 8.78 Å². The Morgan fingerprint density at radius 3 is 2.67 bits per heavy atom. The maximum absolute atomic E-state index is 13.5. The van der Waals surface area contributed by atoms with Gasteiger partial charge < -0.3 is 5.73 Å². The first-order chi connectivity index (χ1) is 8.49. The molecular formula is C13H15F2N3. The molecule has 0 bridgehead atoms. The standard InChI is InChI=1S/C13H15F2N3/c1-8-11(7-17-18(8)2)13(16)5-9-3-4-10(14)6-12(9)15/h3-4,6-7,13H,5,16H2,1-2H3. The minimum atomic E-state index is -0.581. The maximum atomic E-state index is 13.5. The summed E-state index contributed by atoms with van der Waals surface area (Å²) < 4.78 is 28.0. The zero-order chi connectivity index (χ0) is 13.3. The van der Waals surface area contributed by atoms with E-state index in [1.54, 1.807) is 10.9 Å². The fourth-order valence-corrected chi connectivity index (χ4v) is 1.91. The van der Waals surface area contributed by atoms with Crippen molar-refractivity contribution in [3.63, 3.8) is 0 Å². The second-order valence-corrected chi connectivity index (χ2v) is 4.36. The van der Waals surface area contributed by atoms with Gasteiger partial charge >= 0.3 is 0 Å². The Bertz CT molecular complexity index is 563. The van der Waals surface area contributed by atoms with Gasteiger partial charge in [0.1, 0.15) is 11.6 Å². The van der Waals surface area contributed by atoms with Gasteiger partial charge in [0, 0.05) is 30.4 Å². The number of halogens is 2. The van der Waals surface area contributed by atoms with E-state index >= 15 is 0 Å². The molecule has 1 aromatic carbocycles. The van der Waals surface area contributed by atoms with E-state index in [0.29, 0.717) is 12.0 Å². The van der Waals surface area contributed by atoms with Crippen LogP contribution in [0.3, 0.4) is 0 Å². The van der Waals surface area contributed by atoms with Gasteiger partial charge in [0.25, 0.3) is 0 Å². The summed E-state index contributed by atoms with van der Waals surface area (Å²) >= 11 is 0. The molecule has 1 atom stereocenters. The van der Waals surface area contributed by atoms with Crippen molar-refractivity contribution in [2.24, 2.45) is 12.8 Å². The van der Waals surface area contributed by atoms with E-state index in [1.165, 1.54) is 12.1 Å². The molecule has 0 spiro atoms. The Hall–Kier alpha value is -1.75. The summed E-state index contributed by atoms with van der Waals surface area (Å²) in [5.74, 6) is -1.14. The highest BCUT2D eigenvalue weighted by Gasteiger charge is 2.15. The summed E-state index contributed by atoms with van der Waals surface area (Å²) in [5, 5.41) is 4.10. The zero-order valence-electron chi connectivity index (χ0n) is 10.3. The van der Waals surface area contributed by atoms with Crippen LogP contribution in [0, 0.1) is 18.6 Å². The topological polar surface area (TPSA) is 43.8 Å². The smallest absolute Gasteiger partial charge is 0.129 e. The molecule has 5 heteroatoms. The Morgan fingerprint density at radius 2 is 2.11 bits per heavy atom. The predicted octanol–water partition coefficient (Wildman–Crippen LogP) is 2.25. The lowest BCUT2D eigenvalue weighted by molar-refractivity contribution is 0.562. The lowest BCUT2D eigenvalue weighted by Crippen LogP contribution is -2.15. The van der Waals surface area contributed by atoms with Crippen molar-refractivity contribution in [3.8, 4) is 0 Å². The number of aryl methyl sites for hydroxylation is 1. The van der Waals surface area contributed by atoms with Crippen LogP contribution in [0.4, 0.5) is 8.78 Å². The Morgan fingerprint density at radius 1 is 1.39 bits per heavy atom. The maximum Gasteiger partial charge on any atom is 0.129 e. The first kappa shape index (κ1) is 12.7. The number of hydrogen-bond acceptors (Lipinski definition) is 2. The van der Waals surface area contributed by atoms with Crippen molar-refractivity contribution in [2.45, 2.75) is 19.4 Å². The van der Waals surface area contributed by atoms with E-state index in [2.05, 4.69) is 5.10 Å². The minimum Gasteiger partial charge on any atom is -0.324 e. The van der Waals surface area contributed by atoms with E-state index < -0.39 is 11.6 Å². The van der Waals surface area contributed by atoms with Gasteiger partial charge in [-0.05, 0) is 25.0 Å². The number of rotatable bonds is 3. The molecular weight excluding hydrogens is 236 g/mol. The Labute approximate surface area is 104 Å². The fourth-order valence-electron chi connectivity index (χ4n) is 1.91. The molecule has 0 fully saturated rings. The summed E-state index contributed by atoms with van der Waals surface area (Å²) in [4.78, 5) is 0. The molecule has 18 heavy (non-hydrogen) atoms. The first-order valence-corrected chi connectivity index (χ1v) is 5.67. The summed E-state index contributed by atoms with van der Waals surface area (Å²) in [6.45, 7) is 1.91. The summed E-state index contributed by atoms with van der Waals surface area (Å²) in [7, 11) is 1.82. The minimum absolute atomic E-state index is 0.318. The molecule has 1 aromatic heterocycles. The molecule has 2 aromatic rings. The number of nitrogens with two attached hydrogens (primary N) is 1. The van der Waals surface area contributed by atoms with E-state index in [0.717, 1.165) is 17.3 Å². The number of nitrogens with zero attached hydrogens (tertiary/aromatic N) is 2. The second kappa shape index (κ2) is 4.86. The van der Waals surface area contributed by atoms with Crippen LogP contribution >= 0.6 is 0 Å². The van der Waals surface area contributed by atoms with Crippen molar-refractivity contribution in [3.05, 3.63) is 52.9 Å². The average molecular weight is 251 g/mol. The molecule has 0 radical (unpaired) electrons. The summed E-state index contributed by atoms with van der Waals surface area (Å²) in [5.41, 5.74) is 8.27. The highest BCUT2D eigenvalue weighted by atomic mass is 19.1. The van der Waals surface area contributed by atoms with Crippen LogP contribution in [0.15, 0.2) is 24.4 Å². The third-order valence-corrected chi connectivity index (χ3v) is 3.13. The van der Waals surface area contributed by atoms with Crippen LogP contribution in [0.2, 0.25) is 0 Å². The summed E-state index contributed by atoms with van der Waals surface area (Å²) in [6, 6.07) is 3.19. The third-order valence-electron chi connectivity index (χ3n) is 3.13. The highest BCUT2D eigenvalue weighted by Crippen LogP contribution is 2.20. The van der Waals surface area contributed by atoms with Crippen molar-refractivity contribution in [2.75, 3.05) is 0 Å². The largest absolute Gasteiger partial charge is 0.324 e. The van der Waals surface area contributed by atoms with Crippen LogP contribution < -0.4 is 5.73 Å². The van der Waals surface area contributed by atoms with Crippen LogP contribution in [0.1, 0.15) is 22.9 Å². The predicted molar refractivity (Wildman–Crippen MR) is 64.9 cm³/mol. The molecule has 3 nitrogen and oxygen atoms in total. The Balaban J connectivity index is 2.21. The SMILES string of the molecule is Cc1c(C(N)Cc2ccc(F)cc2F)cnn1C. The van der Waals surface area contributed by atoms with Gasteiger partial charge in [0.2, 0.25) is 0 Å². The molecule has 0 aliphatic carbocycles. The molecule has 0 aliphatic heterocycles. The van der Waals surface area contributed by atoms with Gasteiger partial charge in [-0.2, -0.15) is 5.10 Å². The molecule has 0 amide bonds. The molecule has 1 heterocycles. The van der Waals surface area contributed by atoms with Gasteiger partial charge in [0.15, 0.2) is 0 Å². The third kappa shape index (κ3) is 2.41. The molecule has 0 saturated carbocycles. The van der Waals surface area contributed by atoms with Crippen LogP contribution in [0.5, 0.6) is 0 Å². The zero-order valence-corrected chi connectivity index (χ0v) is 10.3. The number of aromatic nitrogens is 2. The molecule has 2 rings (SSSR count). The monoisotopic (exact) mass is 251 g/mol. The first-order valence-electron chi connectivity index (χ1n) is 5.67. The fraction of sp³-hybridized carbons (Fsp3) is 0.308. The normalized spacial score (nSPS) is 12.7.